The minimum absolute atomic E-state index is 0.240. The fourth-order valence-electron chi connectivity index (χ4n) is 3.02. The van der Waals surface area contributed by atoms with Gasteiger partial charge in [0.15, 0.2) is 0 Å². The Hall–Kier alpha value is -1.05. The molecule has 19 heavy (non-hydrogen) atoms. The Balaban J connectivity index is 2.73. The summed E-state index contributed by atoms with van der Waals surface area (Å²) in [5, 5.41) is 8.99. The van der Waals surface area contributed by atoms with Crippen molar-refractivity contribution in [3.8, 4) is 0 Å². The van der Waals surface area contributed by atoms with E-state index in [2.05, 4.69) is 33.8 Å². The number of allylic oxidation sites excluding steroid dienone is 4. The van der Waals surface area contributed by atoms with Crippen LogP contribution in [0, 0.1) is 17.8 Å². The van der Waals surface area contributed by atoms with E-state index in [9.17, 15) is 4.79 Å². The quantitative estimate of drug-likeness (QED) is 0.699. The Morgan fingerprint density at radius 2 is 2.05 bits per heavy atom. The van der Waals surface area contributed by atoms with Gasteiger partial charge in [-0.3, -0.25) is 4.79 Å². The van der Waals surface area contributed by atoms with Gasteiger partial charge in [0.1, 0.15) is 0 Å². The van der Waals surface area contributed by atoms with Crippen molar-refractivity contribution in [2.75, 3.05) is 0 Å². The molecule has 1 aliphatic carbocycles. The molecule has 0 bridgehead atoms. The van der Waals surface area contributed by atoms with E-state index >= 15 is 0 Å². The van der Waals surface area contributed by atoms with Crippen molar-refractivity contribution in [3.05, 3.63) is 22.8 Å². The predicted octanol–water partition coefficient (Wildman–Crippen LogP) is 4.82. The number of carboxylic acids is 1. The van der Waals surface area contributed by atoms with E-state index in [1.54, 1.807) is 6.92 Å². The maximum Gasteiger partial charge on any atom is 0.306 e. The Morgan fingerprint density at radius 1 is 1.42 bits per heavy atom. The molecule has 1 N–H and O–H groups in total. The monoisotopic (exact) mass is 264 g/mol. The van der Waals surface area contributed by atoms with Gasteiger partial charge in [0.2, 0.25) is 0 Å². The zero-order valence-corrected chi connectivity index (χ0v) is 13.0. The van der Waals surface area contributed by atoms with E-state index in [4.69, 9.17) is 5.11 Å². The lowest BCUT2D eigenvalue weighted by molar-refractivity contribution is -0.141. The van der Waals surface area contributed by atoms with Gasteiger partial charge in [-0.2, -0.15) is 0 Å². The van der Waals surface area contributed by atoms with Gasteiger partial charge in [-0.1, -0.05) is 43.6 Å². The third-order valence-corrected chi connectivity index (χ3v) is 4.19. The van der Waals surface area contributed by atoms with Gasteiger partial charge in [-0.25, -0.2) is 0 Å². The van der Waals surface area contributed by atoms with Gasteiger partial charge >= 0.3 is 5.97 Å². The van der Waals surface area contributed by atoms with E-state index in [1.807, 2.05) is 0 Å². The van der Waals surface area contributed by atoms with Crippen LogP contribution in [0.3, 0.4) is 0 Å². The van der Waals surface area contributed by atoms with Crippen LogP contribution in [0.5, 0.6) is 0 Å². The molecule has 0 saturated heterocycles. The molecule has 0 aliphatic heterocycles. The summed E-state index contributed by atoms with van der Waals surface area (Å²) in [6, 6.07) is 0. The zero-order chi connectivity index (χ0) is 14.6. The average molecular weight is 264 g/mol. The Bertz CT molecular complexity index is 388. The second-order valence-corrected chi connectivity index (χ2v) is 6.33. The molecule has 0 aromatic heterocycles. The van der Waals surface area contributed by atoms with Crippen molar-refractivity contribution in [3.63, 3.8) is 0 Å². The molecule has 1 rings (SSSR count). The van der Waals surface area contributed by atoms with Gasteiger partial charge < -0.3 is 5.11 Å². The van der Waals surface area contributed by atoms with Crippen LogP contribution in [0.25, 0.3) is 0 Å². The van der Waals surface area contributed by atoms with Crippen molar-refractivity contribution in [2.45, 2.75) is 60.3 Å². The van der Waals surface area contributed by atoms with Crippen LogP contribution in [0.2, 0.25) is 0 Å². The van der Waals surface area contributed by atoms with Crippen molar-refractivity contribution < 1.29 is 9.90 Å². The fraction of sp³-hybridized carbons (Fsp3) is 0.706. The van der Waals surface area contributed by atoms with Gasteiger partial charge in [-0.05, 0) is 45.4 Å². The summed E-state index contributed by atoms with van der Waals surface area (Å²) >= 11 is 0. The molecule has 0 radical (unpaired) electrons. The van der Waals surface area contributed by atoms with Crippen LogP contribution in [0.4, 0.5) is 0 Å². The highest BCUT2D eigenvalue weighted by atomic mass is 16.4. The third kappa shape index (κ3) is 4.52. The number of hydrogen-bond donors (Lipinski definition) is 1. The SMILES string of the molecule is CC1=C(CC[C@@H](C)C(=O)O)[C@H](/C(C)=C/C(C)C)CC1. The van der Waals surface area contributed by atoms with Gasteiger partial charge in [-0.15, -0.1) is 0 Å². The number of hydrogen-bond acceptors (Lipinski definition) is 1. The Labute approximate surface area is 117 Å². The molecular formula is C17H28O2. The fourth-order valence-corrected chi connectivity index (χ4v) is 3.02. The second kappa shape index (κ2) is 6.93. The van der Waals surface area contributed by atoms with Crippen LogP contribution in [-0.4, -0.2) is 11.1 Å². The van der Waals surface area contributed by atoms with Gasteiger partial charge in [0, 0.05) is 5.92 Å². The molecule has 108 valence electrons. The first-order valence-corrected chi connectivity index (χ1v) is 7.42. The minimum atomic E-state index is -0.678. The molecule has 0 spiro atoms. The zero-order valence-electron chi connectivity index (χ0n) is 13.0. The Kier molecular flexibility index (Phi) is 5.84. The second-order valence-electron chi connectivity index (χ2n) is 6.33. The molecule has 2 nitrogen and oxygen atoms in total. The summed E-state index contributed by atoms with van der Waals surface area (Å²) in [5.74, 6) is 0.224. The van der Waals surface area contributed by atoms with Crippen molar-refractivity contribution in [1.29, 1.82) is 0 Å². The molecule has 0 unspecified atom stereocenters. The average Bonchev–Trinajstić information content (AvgIpc) is 2.66. The molecule has 0 fully saturated rings. The molecule has 0 aromatic carbocycles. The number of carboxylic acid groups (broad SMARTS) is 1. The summed E-state index contributed by atoms with van der Waals surface area (Å²) < 4.78 is 0. The first-order valence-electron chi connectivity index (χ1n) is 7.42. The summed E-state index contributed by atoms with van der Waals surface area (Å²) in [5.41, 5.74) is 4.45. The molecule has 0 amide bonds. The Morgan fingerprint density at radius 3 is 2.58 bits per heavy atom. The van der Waals surface area contributed by atoms with Crippen molar-refractivity contribution in [1.82, 2.24) is 0 Å². The lowest BCUT2D eigenvalue weighted by Crippen LogP contribution is -2.11. The standard InChI is InChI=1S/C17H28O2/c1-11(2)10-14(5)16-8-6-12(3)15(16)9-7-13(4)17(18)19/h10-11,13,16H,6-9H2,1-5H3,(H,18,19)/b14-10+/t13-,16+/m1/s1. The van der Waals surface area contributed by atoms with Crippen molar-refractivity contribution >= 4 is 5.97 Å². The lowest BCUT2D eigenvalue weighted by Gasteiger charge is -2.18. The van der Waals surface area contributed by atoms with Crippen LogP contribution in [0.1, 0.15) is 60.3 Å². The topological polar surface area (TPSA) is 37.3 Å². The van der Waals surface area contributed by atoms with Crippen LogP contribution >= 0.6 is 0 Å². The molecule has 1 aliphatic rings. The molecule has 0 saturated carbocycles. The minimum Gasteiger partial charge on any atom is -0.481 e. The maximum absolute atomic E-state index is 10.9. The van der Waals surface area contributed by atoms with Gasteiger partial charge in [0.05, 0.1) is 5.92 Å². The van der Waals surface area contributed by atoms with Gasteiger partial charge in [0.25, 0.3) is 0 Å². The molecule has 0 heterocycles. The largest absolute Gasteiger partial charge is 0.481 e. The van der Waals surface area contributed by atoms with Crippen molar-refractivity contribution in [2.24, 2.45) is 17.8 Å². The first kappa shape index (κ1) is 16.0. The first-order chi connectivity index (χ1) is 8.82. The van der Waals surface area contributed by atoms with Crippen LogP contribution < -0.4 is 0 Å². The summed E-state index contributed by atoms with van der Waals surface area (Å²) in [6.07, 6.45) is 6.42. The molecule has 0 aromatic rings. The highest BCUT2D eigenvalue weighted by Gasteiger charge is 2.25. The van der Waals surface area contributed by atoms with E-state index < -0.39 is 5.97 Å². The maximum atomic E-state index is 10.9. The van der Waals surface area contributed by atoms with E-state index in [0.29, 0.717) is 11.8 Å². The normalized spacial score (nSPS) is 22.2. The molecule has 2 heteroatoms. The lowest BCUT2D eigenvalue weighted by atomic mass is 9.87. The highest BCUT2D eigenvalue weighted by Crippen LogP contribution is 2.39. The van der Waals surface area contributed by atoms with E-state index in [1.165, 1.54) is 29.6 Å². The number of aliphatic carboxylic acids is 1. The summed E-state index contributed by atoms with van der Waals surface area (Å²) in [7, 11) is 0. The van der Waals surface area contributed by atoms with Crippen LogP contribution in [-0.2, 0) is 4.79 Å². The van der Waals surface area contributed by atoms with E-state index in [-0.39, 0.29) is 5.92 Å². The van der Waals surface area contributed by atoms with E-state index in [0.717, 1.165) is 12.8 Å². The smallest absolute Gasteiger partial charge is 0.306 e. The predicted molar refractivity (Wildman–Crippen MR) is 80.1 cm³/mol. The summed E-state index contributed by atoms with van der Waals surface area (Å²) in [6.45, 7) is 10.7. The highest BCUT2D eigenvalue weighted by molar-refractivity contribution is 5.69. The van der Waals surface area contributed by atoms with Crippen LogP contribution in [0.15, 0.2) is 22.8 Å². The third-order valence-electron chi connectivity index (χ3n) is 4.19. The molecular weight excluding hydrogens is 236 g/mol. The number of carbonyl (C=O) groups is 1. The summed E-state index contributed by atoms with van der Waals surface area (Å²) in [4.78, 5) is 10.9. The number of rotatable bonds is 6. The molecule has 2 atom stereocenters.